The molecule has 0 saturated carbocycles. The van der Waals surface area contributed by atoms with Gasteiger partial charge in [0, 0.05) is 23.2 Å². The molecule has 0 unspecified atom stereocenters. The Morgan fingerprint density at radius 2 is 1.50 bits per heavy atom. The van der Waals surface area contributed by atoms with Crippen molar-refractivity contribution in [3.8, 4) is 34.4 Å². The van der Waals surface area contributed by atoms with Crippen LogP contribution in [0.25, 0.3) is 22.3 Å². The first-order valence-electron chi connectivity index (χ1n) is 6.83. The van der Waals surface area contributed by atoms with Gasteiger partial charge in [-0.05, 0) is 24.3 Å². The number of hydrogen-bond acceptors (Lipinski definition) is 6. The minimum absolute atomic E-state index is 0.244. The second-order valence-electron chi connectivity index (χ2n) is 5.03. The van der Waals surface area contributed by atoms with Crippen molar-refractivity contribution in [2.24, 2.45) is 0 Å². The summed E-state index contributed by atoms with van der Waals surface area (Å²) in [5.41, 5.74) is 1.69. The number of aromatic nitrogens is 2. The number of ether oxygens (including phenoxy) is 4. The molecule has 5 rings (SSSR count). The van der Waals surface area contributed by atoms with Gasteiger partial charge in [-0.2, -0.15) is 0 Å². The zero-order chi connectivity index (χ0) is 14.5. The second-order valence-corrected chi connectivity index (χ2v) is 5.03. The van der Waals surface area contributed by atoms with Crippen LogP contribution >= 0.6 is 0 Å². The van der Waals surface area contributed by atoms with Gasteiger partial charge in [-0.15, -0.1) is 0 Å². The first-order valence-corrected chi connectivity index (χ1v) is 6.83. The van der Waals surface area contributed by atoms with E-state index in [1.54, 1.807) is 6.20 Å². The van der Waals surface area contributed by atoms with E-state index in [4.69, 9.17) is 18.9 Å². The van der Waals surface area contributed by atoms with Crippen molar-refractivity contribution in [2.75, 3.05) is 13.6 Å². The fraction of sp³-hybridized carbons (Fsp3) is 0.125. The third kappa shape index (κ3) is 1.67. The SMILES string of the molecule is c1cc2c(cc1-c1ncc3cc4c(cc3n1)OCO4)OCO2. The predicted octanol–water partition coefficient (Wildman–Crippen LogP) is 2.75. The predicted molar refractivity (Wildman–Crippen MR) is 77.2 cm³/mol. The molecule has 2 aromatic carbocycles. The Labute approximate surface area is 125 Å². The van der Waals surface area contributed by atoms with Gasteiger partial charge in [-0.3, -0.25) is 0 Å². The van der Waals surface area contributed by atoms with E-state index in [9.17, 15) is 0 Å². The van der Waals surface area contributed by atoms with E-state index in [-0.39, 0.29) is 13.6 Å². The number of nitrogens with zero attached hydrogens (tertiary/aromatic N) is 2. The maximum Gasteiger partial charge on any atom is 0.231 e. The molecule has 0 saturated heterocycles. The van der Waals surface area contributed by atoms with Crippen LogP contribution in [-0.4, -0.2) is 23.6 Å². The van der Waals surface area contributed by atoms with E-state index >= 15 is 0 Å². The van der Waals surface area contributed by atoms with Crippen LogP contribution in [0.5, 0.6) is 23.0 Å². The zero-order valence-electron chi connectivity index (χ0n) is 11.4. The molecule has 6 heteroatoms. The lowest BCUT2D eigenvalue weighted by molar-refractivity contribution is 0.173. The van der Waals surface area contributed by atoms with Gasteiger partial charge < -0.3 is 18.9 Å². The number of benzene rings is 2. The van der Waals surface area contributed by atoms with Crippen LogP contribution in [0, 0.1) is 0 Å². The Hall–Kier alpha value is -3.02. The van der Waals surface area contributed by atoms with Crippen LogP contribution in [0.4, 0.5) is 0 Å². The Bertz CT molecular complexity index is 910. The summed E-state index contributed by atoms with van der Waals surface area (Å²) in [4.78, 5) is 9.03. The van der Waals surface area contributed by atoms with Gasteiger partial charge in [0.2, 0.25) is 13.6 Å². The lowest BCUT2D eigenvalue weighted by Crippen LogP contribution is -1.93. The highest BCUT2D eigenvalue weighted by atomic mass is 16.7. The topological polar surface area (TPSA) is 62.7 Å². The molecule has 22 heavy (non-hydrogen) atoms. The maximum absolute atomic E-state index is 5.39. The summed E-state index contributed by atoms with van der Waals surface area (Å²) in [5.74, 6) is 3.53. The number of hydrogen-bond donors (Lipinski definition) is 0. The van der Waals surface area contributed by atoms with Crippen LogP contribution in [0.1, 0.15) is 0 Å². The molecular weight excluding hydrogens is 284 g/mol. The number of fused-ring (bicyclic) bond motifs is 3. The Balaban J connectivity index is 1.64. The van der Waals surface area contributed by atoms with E-state index in [1.165, 1.54) is 0 Å². The largest absolute Gasteiger partial charge is 0.454 e. The van der Waals surface area contributed by atoms with Crippen LogP contribution in [-0.2, 0) is 0 Å². The molecule has 0 radical (unpaired) electrons. The van der Waals surface area contributed by atoms with Gasteiger partial charge in [-0.25, -0.2) is 9.97 Å². The average Bonchev–Trinajstić information content (AvgIpc) is 3.19. The first kappa shape index (κ1) is 11.6. The summed E-state index contributed by atoms with van der Waals surface area (Å²) in [7, 11) is 0. The standard InChI is InChI=1S/C16H10N2O4/c1-2-12-13(20-7-19-12)3-9(1)16-17-6-10-4-14-15(22-8-21-14)5-11(10)18-16/h1-6H,7-8H2. The molecule has 1 aromatic heterocycles. The lowest BCUT2D eigenvalue weighted by Gasteiger charge is -2.04. The Morgan fingerprint density at radius 1 is 0.773 bits per heavy atom. The van der Waals surface area contributed by atoms with Gasteiger partial charge >= 0.3 is 0 Å². The van der Waals surface area contributed by atoms with Crippen molar-refractivity contribution in [2.45, 2.75) is 0 Å². The highest BCUT2D eigenvalue weighted by Crippen LogP contribution is 2.37. The summed E-state index contributed by atoms with van der Waals surface area (Å²) in [6.07, 6.45) is 1.78. The zero-order valence-corrected chi connectivity index (χ0v) is 11.4. The molecule has 3 aromatic rings. The molecule has 3 heterocycles. The van der Waals surface area contributed by atoms with Crippen molar-refractivity contribution in [3.05, 3.63) is 36.5 Å². The van der Waals surface area contributed by atoms with Gasteiger partial charge in [0.15, 0.2) is 28.8 Å². The van der Waals surface area contributed by atoms with E-state index in [0.29, 0.717) is 17.3 Å². The highest BCUT2D eigenvalue weighted by Gasteiger charge is 2.17. The summed E-state index contributed by atoms with van der Waals surface area (Å²) >= 11 is 0. The van der Waals surface area contributed by atoms with Gasteiger partial charge in [0.25, 0.3) is 0 Å². The minimum Gasteiger partial charge on any atom is -0.454 e. The third-order valence-electron chi connectivity index (χ3n) is 3.70. The smallest absolute Gasteiger partial charge is 0.231 e. The van der Waals surface area contributed by atoms with Crippen LogP contribution in [0.3, 0.4) is 0 Å². The molecule has 0 aliphatic carbocycles. The van der Waals surface area contributed by atoms with Crippen LogP contribution in [0.15, 0.2) is 36.5 Å². The van der Waals surface area contributed by atoms with Crippen molar-refractivity contribution < 1.29 is 18.9 Å². The molecular formula is C16H10N2O4. The molecule has 0 fully saturated rings. The lowest BCUT2D eigenvalue weighted by atomic mass is 10.1. The summed E-state index contributed by atoms with van der Waals surface area (Å²) < 4.78 is 21.5. The maximum atomic E-state index is 5.39. The van der Waals surface area contributed by atoms with E-state index < -0.39 is 0 Å². The second kappa shape index (κ2) is 4.24. The third-order valence-corrected chi connectivity index (χ3v) is 3.70. The molecule has 0 atom stereocenters. The van der Waals surface area contributed by atoms with Crippen LogP contribution in [0.2, 0.25) is 0 Å². The van der Waals surface area contributed by atoms with Crippen molar-refractivity contribution >= 4 is 10.9 Å². The van der Waals surface area contributed by atoms with E-state index in [1.807, 2.05) is 30.3 Å². The summed E-state index contributed by atoms with van der Waals surface area (Å²) in [6, 6.07) is 9.43. The molecule has 0 bridgehead atoms. The fourth-order valence-electron chi connectivity index (χ4n) is 2.60. The minimum atomic E-state index is 0.244. The summed E-state index contributed by atoms with van der Waals surface area (Å²) in [5, 5.41) is 0.911. The van der Waals surface area contributed by atoms with E-state index in [2.05, 4.69) is 9.97 Å². The average molecular weight is 294 g/mol. The highest BCUT2D eigenvalue weighted by molar-refractivity contribution is 5.83. The molecule has 0 spiro atoms. The molecule has 0 N–H and O–H groups in total. The molecule has 108 valence electrons. The molecule has 0 amide bonds. The summed E-state index contributed by atoms with van der Waals surface area (Å²) in [6.45, 7) is 0.495. The van der Waals surface area contributed by atoms with Gasteiger partial charge in [0.1, 0.15) is 0 Å². The fourth-order valence-corrected chi connectivity index (χ4v) is 2.60. The van der Waals surface area contributed by atoms with Crippen molar-refractivity contribution in [1.29, 1.82) is 0 Å². The first-order chi connectivity index (χ1) is 10.9. The van der Waals surface area contributed by atoms with Gasteiger partial charge in [-0.1, -0.05) is 0 Å². The number of rotatable bonds is 1. The van der Waals surface area contributed by atoms with E-state index in [0.717, 1.165) is 28.0 Å². The molecule has 6 nitrogen and oxygen atoms in total. The van der Waals surface area contributed by atoms with Gasteiger partial charge in [0.05, 0.1) is 5.52 Å². The normalized spacial score (nSPS) is 14.5. The molecule has 2 aliphatic rings. The Kier molecular flexibility index (Phi) is 2.24. The Morgan fingerprint density at radius 3 is 2.36 bits per heavy atom. The monoisotopic (exact) mass is 294 g/mol. The quantitative estimate of drug-likeness (QED) is 0.687. The molecule has 2 aliphatic heterocycles. The van der Waals surface area contributed by atoms with Crippen LogP contribution < -0.4 is 18.9 Å². The van der Waals surface area contributed by atoms with Crippen molar-refractivity contribution in [1.82, 2.24) is 9.97 Å². The van der Waals surface area contributed by atoms with Crippen molar-refractivity contribution in [3.63, 3.8) is 0 Å².